The molecular formula is C19H21N5O2S. The number of aromatic nitrogens is 3. The Morgan fingerprint density at radius 1 is 1.00 bits per heavy atom. The summed E-state index contributed by atoms with van der Waals surface area (Å²) in [5.41, 5.74) is 2.01. The Morgan fingerprint density at radius 2 is 1.78 bits per heavy atom. The molecule has 0 bridgehead atoms. The van der Waals surface area contributed by atoms with Crippen molar-refractivity contribution in [3.63, 3.8) is 0 Å². The van der Waals surface area contributed by atoms with Crippen LogP contribution in [0.25, 0.3) is 5.69 Å². The van der Waals surface area contributed by atoms with Gasteiger partial charge >= 0.3 is 0 Å². The van der Waals surface area contributed by atoms with Gasteiger partial charge in [-0.3, -0.25) is 0 Å². The summed E-state index contributed by atoms with van der Waals surface area (Å²) >= 11 is 0. The van der Waals surface area contributed by atoms with Crippen LogP contribution in [0.15, 0.2) is 66.0 Å². The van der Waals surface area contributed by atoms with E-state index in [-0.39, 0.29) is 4.90 Å². The SMILES string of the molecule is O=S(=O)(c1ccc(NCc2cnn(-c3ccccc3)c2)nc1)N1CCCC1. The second kappa shape index (κ2) is 7.50. The van der Waals surface area contributed by atoms with E-state index in [1.165, 1.54) is 10.5 Å². The average Bonchev–Trinajstić information content (AvgIpc) is 3.40. The van der Waals surface area contributed by atoms with Crippen molar-refractivity contribution >= 4 is 15.8 Å². The molecular weight excluding hydrogens is 362 g/mol. The van der Waals surface area contributed by atoms with E-state index < -0.39 is 10.0 Å². The van der Waals surface area contributed by atoms with Crippen molar-refractivity contribution in [3.05, 3.63) is 66.6 Å². The van der Waals surface area contributed by atoms with E-state index in [9.17, 15) is 8.42 Å². The lowest BCUT2D eigenvalue weighted by atomic mass is 10.3. The number of pyridine rings is 1. The Kier molecular flexibility index (Phi) is 4.91. The first kappa shape index (κ1) is 17.7. The normalized spacial score (nSPS) is 15.1. The highest BCUT2D eigenvalue weighted by atomic mass is 32.2. The molecule has 0 amide bonds. The summed E-state index contributed by atoms with van der Waals surface area (Å²) in [5, 5.41) is 7.56. The van der Waals surface area contributed by atoms with Crippen molar-refractivity contribution in [1.82, 2.24) is 19.1 Å². The number of nitrogens with zero attached hydrogens (tertiary/aromatic N) is 4. The molecule has 1 aromatic carbocycles. The van der Waals surface area contributed by atoms with Gasteiger partial charge in [0.05, 0.1) is 11.9 Å². The van der Waals surface area contributed by atoms with E-state index in [0.29, 0.717) is 25.5 Å². The largest absolute Gasteiger partial charge is 0.366 e. The van der Waals surface area contributed by atoms with E-state index >= 15 is 0 Å². The maximum absolute atomic E-state index is 12.5. The Bertz CT molecular complexity index is 994. The molecule has 0 atom stereocenters. The third kappa shape index (κ3) is 3.86. The van der Waals surface area contributed by atoms with Gasteiger partial charge in [0, 0.05) is 37.6 Å². The Labute approximate surface area is 158 Å². The summed E-state index contributed by atoms with van der Waals surface area (Å²) in [4.78, 5) is 4.49. The Balaban J connectivity index is 1.40. The van der Waals surface area contributed by atoms with Gasteiger partial charge in [-0.15, -0.1) is 0 Å². The van der Waals surface area contributed by atoms with Crippen LogP contribution in [0.2, 0.25) is 0 Å². The number of nitrogens with one attached hydrogen (secondary N) is 1. The minimum absolute atomic E-state index is 0.242. The van der Waals surface area contributed by atoms with Crippen LogP contribution in [0.3, 0.4) is 0 Å². The van der Waals surface area contributed by atoms with Crippen molar-refractivity contribution in [1.29, 1.82) is 0 Å². The number of rotatable bonds is 6. The molecule has 1 aliphatic rings. The van der Waals surface area contributed by atoms with E-state index in [1.807, 2.05) is 41.2 Å². The summed E-state index contributed by atoms with van der Waals surface area (Å²) in [5.74, 6) is 0.628. The predicted octanol–water partition coefficient (Wildman–Crippen LogP) is 2.66. The lowest BCUT2D eigenvalue weighted by molar-refractivity contribution is 0.477. The van der Waals surface area contributed by atoms with Gasteiger partial charge < -0.3 is 5.32 Å². The van der Waals surface area contributed by atoms with Crippen molar-refractivity contribution in [2.24, 2.45) is 0 Å². The second-order valence-corrected chi connectivity index (χ2v) is 8.41. The highest BCUT2D eigenvalue weighted by Crippen LogP contribution is 2.21. The molecule has 0 unspecified atom stereocenters. The van der Waals surface area contributed by atoms with Crippen LogP contribution in [-0.4, -0.2) is 40.6 Å². The minimum atomic E-state index is -3.42. The minimum Gasteiger partial charge on any atom is -0.366 e. The maximum atomic E-state index is 12.5. The van der Waals surface area contributed by atoms with Gasteiger partial charge in [-0.1, -0.05) is 18.2 Å². The highest BCUT2D eigenvalue weighted by molar-refractivity contribution is 7.89. The molecule has 140 valence electrons. The Morgan fingerprint density at radius 3 is 2.48 bits per heavy atom. The molecule has 0 saturated carbocycles. The second-order valence-electron chi connectivity index (χ2n) is 6.47. The lowest BCUT2D eigenvalue weighted by Gasteiger charge is -2.15. The summed E-state index contributed by atoms with van der Waals surface area (Å²) in [6.45, 7) is 1.74. The zero-order chi connectivity index (χ0) is 18.7. The molecule has 3 heterocycles. The molecule has 0 spiro atoms. The standard InChI is InChI=1S/C19H21N5O2S/c25-27(26,23-10-4-5-11-23)18-8-9-19(21-14-18)20-12-16-13-22-24(15-16)17-6-2-1-3-7-17/h1-3,6-9,13-15H,4-5,10-12H2,(H,20,21). The third-order valence-corrected chi connectivity index (χ3v) is 6.45. The quantitative estimate of drug-likeness (QED) is 0.708. The number of hydrogen-bond acceptors (Lipinski definition) is 5. The molecule has 1 aliphatic heterocycles. The molecule has 1 saturated heterocycles. The molecule has 0 aliphatic carbocycles. The molecule has 0 radical (unpaired) electrons. The topological polar surface area (TPSA) is 80.1 Å². The monoisotopic (exact) mass is 383 g/mol. The van der Waals surface area contributed by atoms with Gasteiger partial charge in [-0.25, -0.2) is 18.1 Å². The fourth-order valence-corrected chi connectivity index (χ4v) is 4.54. The van der Waals surface area contributed by atoms with Gasteiger partial charge in [0.25, 0.3) is 0 Å². The van der Waals surface area contributed by atoms with Gasteiger partial charge in [0.15, 0.2) is 0 Å². The fraction of sp³-hybridized carbons (Fsp3) is 0.263. The number of hydrogen-bond donors (Lipinski definition) is 1. The van der Waals surface area contributed by atoms with Crippen LogP contribution >= 0.6 is 0 Å². The van der Waals surface area contributed by atoms with Crippen LogP contribution in [0.5, 0.6) is 0 Å². The van der Waals surface area contributed by atoms with Crippen molar-refractivity contribution in [2.75, 3.05) is 18.4 Å². The maximum Gasteiger partial charge on any atom is 0.244 e. The van der Waals surface area contributed by atoms with Gasteiger partial charge in [-0.2, -0.15) is 9.40 Å². The zero-order valence-electron chi connectivity index (χ0n) is 14.8. The third-order valence-electron chi connectivity index (χ3n) is 4.57. The van der Waals surface area contributed by atoms with Gasteiger partial charge in [-0.05, 0) is 37.1 Å². The highest BCUT2D eigenvalue weighted by Gasteiger charge is 2.27. The van der Waals surface area contributed by atoms with E-state index in [0.717, 1.165) is 24.1 Å². The summed E-state index contributed by atoms with van der Waals surface area (Å²) in [7, 11) is -3.42. The number of anilines is 1. The molecule has 27 heavy (non-hydrogen) atoms. The van der Waals surface area contributed by atoms with Gasteiger partial charge in [0.1, 0.15) is 10.7 Å². The Hall–Kier alpha value is -2.71. The lowest BCUT2D eigenvalue weighted by Crippen LogP contribution is -2.27. The van der Waals surface area contributed by atoms with Crippen molar-refractivity contribution < 1.29 is 8.42 Å². The number of benzene rings is 1. The predicted molar refractivity (Wildman–Crippen MR) is 103 cm³/mol. The molecule has 7 nitrogen and oxygen atoms in total. The number of para-hydroxylation sites is 1. The zero-order valence-corrected chi connectivity index (χ0v) is 15.6. The van der Waals surface area contributed by atoms with Gasteiger partial charge in [0.2, 0.25) is 10.0 Å². The molecule has 1 N–H and O–H groups in total. The molecule has 4 rings (SSSR count). The average molecular weight is 383 g/mol. The van der Waals surface area contributed by atoms with Crippen LogP contribution < -0.4 is 5.32 Å². The number of sulfonamides is 1. The molecule has 3 aromatic rings. The summed E-state index contributed by atoms with van der Waals surface area (Å²) in [6, 6.07) is 13.2. The van der Waals surface area contributed by atoms with E-state index in [2.05, 4.69) is 15.4 Å². The molecule has 1 fully saturated rings. The smallest absolute Gasteiger partial charge is 0.244 e. The molecule has 2 aromatic heterocycles. The first-order valence-corrected chi connectivity index (χ1v) is 10.4. The van der Waals surface area contributed by atoms with Crippen molar-refractivity contribution in [3.8, 4) is 5.69 Å². The summed E-state index contributed by atoms with van der Waals surface area (Å²) in [6.07, 6.45) is 7.01. The molecule has 8 heteroatoms. The van der Waals surface area contributed by atoms with Crippen LogP contribution in [0.1, 0.15) is 18.4 Å². The van der Waals surface area contributed by atoms with Crippen LogP contribution in [-0.2, 0) is 16.6 Å². The van der Waals surface area contributed by atoms with Crippen LogP contribution in [0.4, 0.5) is 5.82 Å². The van der Waals surface area contributed by atoms with Crippen LogP contribution in [0, 0.1) is 0 Å². The van der Waals surface area contributed by atoms with E-state index in [4.69, 9.17) is 0 Å². The fourth-order valence-electron chi connectivity index (χ4n) is 3.08. The van der Waals surface area contributed by atoms with Crippen molar-refractivity contribution in [2.45, 2.75) is 24.3 Å². The van der Waals surface area contributed by atoms with E-state index in [1.54, 1.807) is 18.3 Å². The first-order valence-electron chi connectivity index (χ1n) is 8.92. The summed E-state index contributed by atoms with van der Waals surface area (Å²) < 4.78 is 28.4. The first-order chi connectivity index (χ1) is 13.1.